The van der Waals surface area contributed by atoms with Crippen molar-refractivity contribution in [3.63, 3.8) is 0 Å². The first-order valence-electron chi connectivity index (χ1n) is 6.34. The van der Waals surface area contributed by atoms with Crippen LogP contribution in [0.5, 0.6) is 0 Å². The van der Waals surface area contributed by atoms with E-state index in [1.807, 2.05) is 19.1 Å². The average Bonchev–Trinajstić information content (AvgIpc) is 2.99. The summed E-state index contributed by atoms with van der Waals surface area (Å²) in [6, 6.07) is 10.0. The Bertz CT molecular complexity index is 877. The van der Waals surface area contributed by atoms with Crippen LogP contribution in [0.4, 0.5) is 0 Å². The van der Waals surface area contributed by atoms with Gasteiger partial charge in [0.05, 0.1) is 15.2 Å². The lowest BCUT2D eigenvalue weighted by Crippen LogP contribution is -1.87. The fraction of sp³-hybridized carbons (Fsp3) is 0.133. The van der Waals surface area contributed by atoms with Crippen molar-refractivity contribution >= 4 is 32.8 Å². The van der Waals surface area contributed by atoms with Gasteiger partial charge in [-0.1, -0.05) is 6.07 Å². The highest BCUT2D eigenvalue weighted by atomic mass is 32.1. The Kier molecular flexibility index (Phi) is 2.53. The summed E-state index contributed by atoms with van der Waals surface area (Å²) >= 11 is 1.71. The Morgan fingerprint density at radius 2 is 2.15 bits per heavy atom. The second-order valence-corrected chi connectivity index (χ2v) is 5.88. The lowest BCUT2D eigenvalue weighted by atomic mass is 10.1. The van der Waals surface area contributed by atoms with Crippen molar-refractivity contribution in [3.05, 3.63) is 53.0 Å². The quantitative estimate of drug-likeness (QED) is 0.561. The molecule has 4 aromatic rings. The number of pyridine rings is 1. The van der Waals surface area contributed by atoms with Gasteiger partial charge in [0.1, 0.15) is 0 Å². The fourth-order valence-corrected chi connectivity index (χ4v) is 3.15. The van der Waals surface area contributed by atoms with Gasteiger partial charge >= 0.3 is 0 Å². The number of rotatable bonds is 2. The highest BCUT2D eigenvalue weighted by Gasteiger charge is 2.08. The normalized spacial score (nSPS) is 11.4. The number of nitrogens with zero attached hydrogens (tertiary/aromatic N) is 3. The molecule has 0 saturated heterocycles. The third-order valence-corrected chi connectivity index (χ3v) is 4.06. The molecule has 3 heterocycles. The van der Waals surface area contributed by atoms with Crippen LogP contribution in [0, 0.1) is 6.92 Å². The maximum atomic E-state index is 5.70. The molecule has 0 amide bonds. The summed E-state index contributed by atoms with van der Waals surface area (Å²) in [6.07, 6.45) is 2.39. The van der Waals surface area contributed by atoms with E-state index >= 15 is 0 Å². The molecule has 0 spiro atoms. The predicted octanol–water partition coefficient (Wildman–Crippen LogP) is 3.73. The minimum Gasteiger partial charge on any atom is -0.439 e. The first kappa shape index (κ1) is 11.5. The van der Waals surface area contributed by atoms with Gasteiger partial charge in [-0.3, -0.25) is 0 Å². The van der Waals surface area contributed by atoms with Gasteiger partial charge in [0, 0.05) is 12.6 Å². The Morgan fingerprint density at radius 3 is 3.05 bits per heavy atom. The molecule has 0 aliphatic rings. The van der Waals surface area contributed by atoms with Crippen LogP contribution in [0.2, 0.25) is 0 Å². The first-order valence-corrected chi connectivity index (χ1v) is 7.16. The van der Waals surface area contributed by atoms with E-state index in [2.05, 4.69) is 33.2 Å². The second kappa shape index (κ2) is 4.38. The van der Waals surface area contributed by atoms with Gasteiger partial charge in [0.25, 0.3) is 0 Å². The summed E-state index contributed by atoms with van der Waals surface area (Å²) in [4.78, 5) is 13.1. The van der Waals surface area contributed by atoms with E-state index in [1.165, 1.54) is 10.3 Å². The molecule has 0 fully saturated rings. The van der Waals surface area contributed by atoms with Crippen molar-refractivity contribution in [2.45, 2.75) is 13.3 Å². The van der Waals surface area contributed by atoms with Crippen molar-refractivity contribution < 1.29 is 4.42 Å². The van der Waals surface area contributed by atoms with E-state index in [0.29, 0.717) is 18.0 Å². The predicted molar refractivity (Wildman–Crippen MR) is 79.0 cm³/mol. The van der Waals surface area contributed by atoms with Crippen molar-refractivity contribution in [2.24, 2.45) is 0 Å². The molecule has 0 atom stereocenters. The van der Waals surface area contributed by atoms with Gasteiger partial charge in [-0.2, -0.15) is 4.98 Å². The van der Waals surface area contributed by atoms with Crippen LogP contribution >= 0.6 is 11.3 Å². The van der Waals surface area contributed by atoms with Crippen LogP contribution in [-0.4, -0.2) is 15.0 Å². The number of aromatic nitrogens is 3. The minimum absolute atomic E-state index is 0.664. The molecule has 0 unspecified atom stereocenters. The zero-order chi connectivity index (χ0) is 13.5. The number of hydrogen-bond donors (Lipinski definition) is 0. The van der Waals surface area contributed by atoms with E-state index in [1.54, 1.807) is 17.5 Å². The highest BCUT2D eigenvalue weighted by molar-refractivity contribution is 7.18. The van der Waals surface area contributed by atoms with Gasteiger partial charge in [-0.25, -0.2) is 9.97 Å². The van der Waals surface area contributed by atoms with E-state index in [4.69, 9.17) is 4.42 Å². The highest BCUT2D eigenvalue weighted by Crippen LogP contribution is 2.24. The molecule has 1 aromatic carbocycles. The fourth-order valence-electron chi connectivity index (χ4n) is 2.26. The summed E-state index contributed by atoms with van der Waals surface area (Å²) in [6.45, 7) is 2.02. The zero-order valence-electron chi connectivity index (χ0n) is 10.8. The number of oxazole rings is 1. The molecule has 20 heavy (non-hydrogen) atoms. The molecule has 5 heteroatoms. The molecule has 0 N–H and O–H groups in total. The Balaban J connectivity index is 1.72. The summed E-state index contributed by atoms with van der Waals surface area (Å²) in [5, 5.41) is 1.09. The van der Waals surface area contributed by atoms with Gasteiger partial charge < -0.3 is 4.42 Å². The molecule has 0 aliphatic heterocycles. The van der Waals surface area contributed by atoms with Crippen molar-refractivity contribution in [2.75, 3.05) is 0 Å². The number of benzene rings is 1. The zero-order valence-corrected chi connectivity index (χ0v) is 11.6. The smallest absolute Gasteiger partial charge is 0.201 e. The largest absolute Gasteiger partial charge is 0.439 e. The van der Waals surface area contributed by atoms with E-state index in [0.717, 1.165) is 16.1 Å². The van der Waals surface area contributed by atoms with Crippen molar-refractivity contribution in [1.29, 1.82) is 0 Å². The van der Waals surface area contributed by atoms with Gasteiger partial charge in [0.2, 0.25) is 5.89 Å². The van der Waals surface area contributed by atoms with Crippen LogP contribution in [0.15, 0.2) is 40.9 Å². The van der Waals surface area contributed by atoms with Gasteiger partial charge in [-0.05, 0) is 36.8 Å². The van der Waals surface area contributed by atoms with Crippen molar-refractivity contribution in [1.82, 2.24) is 15.0 Å². The Labute approximate surface area is 119 Å². The maximum Gasteiger partial charge on any atom is 0.201 e. The Hall–Kier alpha value is -2.27. The molecule has 4 rings (SSSR count). The molecular weight excluding hydrogens is 270 g/mol. The topological polar surface area (TPSA) is 51.8 Å². The lowest BCUT2D eigenvalue weighted by molar-refractivity contribution is 0.544. The first-order chi connectivity index (χ1) is 9.78. The Morgan fingerprint density at radius 1 is 1.20 bits per heavy atom. The maximum absolute atomic E-state index is 5.70. The average molecular weight is 281 g/mol. The summed E-state index contributed by atoms with van der Waals surface area (Å²) in [5.41, 5.74) is 3.62. The number of hydrogen-bond acceptors (Lipinski definition) is 5. The lowest BCUT2D eigenvalue weighted by Gasteiger charge is -1.96. The van der Waals surface area contributed by atoms with E-state index < -0.39 is 0 Å². The van der Waals surface area contributed by atoms with E-state index in [-0.39, 0.29) is 0 Å². The standard InChI is InChI=1S/C15H11N3OS/c1-9-17-11-5-4-10(7-13(11)20-9)8-14-18-15-12(19-14)3-2-6-16-15/h2-7H,8H2,1H3. The number of aryl methyl sites for hydroxylation is 1. The monoisotopic (exact) mass is 281 g/mol. The second-order valence-electron chi connectivity index (χ2n) is 4.64. The molecule has 3 aromatic heterocycles. The molecule has 0 saturated carbocycles. The van der Waals surface area contributed by atoms with Crippen LogP contribution in [0.25, 0.3) is 21.4 Å². The number of fused-ring (bicyclic) bond motifs is 2. The van der Waals surface area contributed by atoms with Crippen molar-refractivity contribution in [3.8, 4) is 0 Å². The molecule has 98 valence electrons. The summed E-state index contributed by atoms with van der Waals surface area (Å²) < 4.78 is 6.91. The van der Waals surface area contributed by atoms with Crippen LogP contribution < -0.4 is 0 Å². The summed E-state index contributed by atoms with van der Waals surface area (Å²) in [7, 11) is 0. The third kappa shape index (κ3) is 1.96. The van der Waals surface area contributed by atoms with Gasteiger partial charge in [0.15, 0.2) is 11.2 Å². The third-order valence-electron chi connectivity index (χ3n) is 3.12. The van der Waals surface area contributed by atoms with Crippen LogP contribution in [0.3, 0.4) is 0 Å². The molecular formula is C15H11N3OS. The van der Waals surface area contributed by atoms with Crippen LogP contribution in [0.1, 0.15) is 16.5 Å². The molecule has 0 radical (unpaired) electrons. The molecule has 4 nitrogen and oxygen atoms in total. The molecule has 0 bridgehead atoms. The van der Waals surface area contributed by atoms with Crippen LogP contribution in [-0.2, 0) is 6.42 Å². The number of thiazole rings is 1. The molecule has 0 aliphatic carbocycles. The minimum atomic E-state index is 0.664. The summed E-state index contributed by atoms with van der Waals surface area (Å²) in [5.74, 6) is 0.694. The van der Waals surface area contributed by atoms with Gasteiger partial charge in [-0.15, -0.1) is 11.3 Å². The van der Waals surface area contributed by atoms with E-state index in [9.17, 15) is 0 Å². The SMILES string of the molecule is Cc1nc2ccc(Cc3nc4ncccc4o3)cc2s1.